The van der Waals surface area contributed by atoms with Crippen LogP contribution >= 0.6 is 0 Å². The summed E-state index contributed by atoms with van der Waals surface area (Å²) in [5.41, 5.74) is 0.482. The molecule has 1 aromatic rings. The average Bonchev–Trinajstić information content (AvgIpc) is 2.35. The normalized spacial score (nSPS) is 11.9. The first-order chi connectivity index (χ1) is 8.04. The van der Waals surface area contributed by atoms with Gasteiger partial charge < -0.3 is 10.4 Å². The van der Waals surface area contributed by atoms with E-state index in [2.05, 4.69) is 10.4 Å². The Balaban J connectivity index is 2.57. The molecule has 1 amide bonds. The largest absolute Gasteiger partial charge is 0.481 e. The molecule has 17 heavy (non-hydrogen) atoms. The zero-order chi connectivity index (χ0) is 12.8. The maximum atomic E-state index is 11.2. The van der Waals surface area contributed by atoms with Gasteiger partial charge in [-0.1, -0.05) is 11.6 Å². The zero-order valence-electron chi connectivity index (χ0n) is 9.88. The van der Waals surface area contributed by atoms with Gasteiger partial charge in [-0.25, -0.2) is 0 Å². The van der Waals surface area contributed by atoms with Gasteiger partial charge >= 0.3 is 5.97 Å². The molecule has 0 radical (unpaired) electrons. The van der Waals surface area contributed by atoms with Crippen LogP contribution in [0, 0.1) is 5.92 Å². The fraction of sp³-hybridized carbons (Fsp3) is 0.455. The van der Waals surface area contributed by atoms with Crippen molar-refractivity contribution in [3.05, 3.63) is 24.0 Å². The number of aryl methyl sites for hydroxylation is 1. The molecule has 0 spiro atoms. The number of nitrogens with one attached hydrogen (secondary N) is 1. The summed E-state index contributed by atoms with van der Waals surface area (Å²) >= 11 is 0. The molecule has 6 nitrogen and oxygen atoms in total. The highest BCUT2D eigenvalue weighted by Crippen LogP contribution is 2.00. The number of amides is 1. The maximum Gasteiger partial charge on any atom is 0.306 e. The van der Waals surface area contributed by atoms with E-state index in [9.17, 15) is 9.59 Å². The van der Waals surface area contributed by atoms with Crippen molar-refractivity contribution in [3.63, 3.8) is 0 Å². The predicted molar refractivity (Wildman–Crippen MR) is 59.2 cm³/mol. The second-order valence-electron chi connectivity index (χ2n) is 3.79. The molecular formula is C11H16N3O3+. The van der Waals surface area contributed by atoms with Gasteiger partial charge in [-0.05, 0) is 5.10 Å². The maximum absolute atomic E-state index is 11.2. The van der Waals surface area contributed by atoms with E-state index in [1.807, 2.05) is 0 Å². The van der Waals surface area contributed by atoms with Crippen LogP contribution in [0.1, 0.15) is 23.7 Å². The standard InChI is InChI=1S/C11H15N3O3/c1-8(11(16)17)3-5-14-6-4-9(7-13-14)10(15)12-2/h4,6-8H,3,5H2,1-2H3,(H-,12,15,16,17)/p+1/t8-/m0/s1. The minimum absolute atomic E-state index is 0.191. The topological polar surface area (TPSA) is 83.2 Å². The van der Waals surface area contributed by atoms with E-state index in [1.54, 1.807) is 30.9 Å². The van der Waals surface area contributed by atoms with Gasteiger partial charge in [0.1, 0.15) is 6.20 Å². The molecule has 0 saturated heterocycles. The first-order valence-electron chi connectivity index (χ1n) is 5.35. The zero-order valence-corrected chi connectivity index (χ0v) is 9.88. The van der Waals surface area contributed by atoms with Gasteiger partial charge in [0, 0.05) is 19.5 Å². The molecule has 0 aliphatic rings. The highest BCUT2D eigenvalue weighted by atomic mass is 16.4. The van der Waals surface area contributed by atoms with Crippen LogP contribution in [0.2, 0.25) is 0 Å². The van der Waals surface area contributed by atoms with Gasteiger partial charge in [0.25, 0.3) is 5.91 Å². The molecule has 0 unspecified atom stereocenters. The first-order valence-corrected chi connectivity index (χ1v) is 5.35. The van der Waals surface area contributed by atoms with Crippen molar-refractivity contribution in [2.24, 2.45) is 5.92 Å². The molecule has 0 aliphatic heterocycles. The molecule has 1 aromatic heterocycles. The number of carbonyl (C=O) groups excluding carboxylic acids is 1. The van der Waals surface area contributed by atoms with Crippen molar-refractivity contribution in [1.29, 1.82) is 0 Å². The second kappa shape index (κ2) is 5.93. The third-order valence-electron chi connectivity index (χ3n) is 2.47. The second-order valence-corrected chi connectivity index (χ2v) is 3.79. The summed E-state index contributed by atoms with van der Waals surface area (Å²) in [5, 5.41) is 15.3. The van der Waals surface area contributed by atoms with Crippen LogP contribution in [0.3, 0.4) is 0 Å². The number of hydrogen-bond acceptors (Lipinski definition) is 3. The van der Waals surface area contributed by atoms with Crippen LogP contribution in [-0.2, 0) is 11.3 Å². The smallest absolute Gasteiger partial charge is 0.306 e. The summed E-state index contributed by atoms with van der Waals surface area (Å²) in [5.74, 6) is -1.40. The number of nitrogens with zero attached hydrogens (tertiary/aromatic N) is 2. The Morgan fingerprint density at radius 2 is 2.29 bits per heavy atom. The van der Waals surface area contributed by atoms with Crippen LogP contribution < -0.4 is 10.00 Å². The fourth-order valence-corrected chi connectivity index (χ4v) is 1.24. The first kappa shape index (κ1) is 13.1. The van der Waals surface area contributed by atoms with Crippen molar-refractivity contribution in [2.75, 3.05) is 7.05 Å². The van der Waals surface area contributed by atoms with Crippen LogP contribution in [-0.4, -0.2) is 29.1 Å². The van der Waals surface area contributed by atoms with Gasteiger partial charge in [0.05, 0.1) is 11.5 Å². The quantitative estimate of drug-likeness (QED) is 0.698. The SMILES string of the molecule is CNC(=O)c1cc[n+](CC[C@H](C)C(=O)O)nc1. The Hall–Kier alpha value is -1.98. The molecule has 1 heterocycles. The highest BCUT2D eigenvalue weighted by molar-refractivity contribution is 5.93. The molecule has 0 fully saturated rings. The van der Waals surface area contributed by atoms with Gasteiger partial charge in [0.15, 0.2) is 12.7 Å². The Morgan fingerprint density at radius 1 is 1.59 bits per heavy atom. The van der Waals surface area contributed by atoms with Gasteiger partial charge in [0.2, 0.25) is 0 Å². The van der Waals surface area contributed by atoms with E-state index in [0.29, 0.717) is 18.5 Å². The van der Waals surface area contributed by atoms with Crippen LogP contribution in [0.5, 0.6) is 0 Å². The third kappa shape index (κ3) is 3.82. The lowest BCUT2D eigenvalue weighted by Gasteiger charge is -2.01. The summed E-state index contributed by atoms with van der Waals surface area (Å²) in [4.78, 5) is 21.9. The lowest BCUT2D eigenvalue weighted by molar-refractivity contribution is -0.754. The number of carbonyl (C=O) groups is 2. The van der Waals surface area contributed by atoms with E-state index in [1.165, 1.54) is 6.20 Å². The average molecular weight is 238 g/mol. The van der Waals surface area contributed by atoms with Crippen LogP contribution in [0.4, 0.5) is 0 Å². The molecule has 2 N–H and O–H groups in total. The van der Waals surface area contributed by atoms with Gasteiger partial charge in [-0.2, -0.15) is 0 Å². The minimum Gasteiger partial charge on any atom is -0.481 e. The Bertz CT molecular complexity index is 403. The monoisotopic (exact) mass is 238 g/mol. The Kier molecular flexibility index (Phi) is 4.56. The van der Waals surface area contributed by atoms with Crippen molar-refractivity contribution in [2.45, 2.75) is 19.9 Å². The van der Waals surface area contributed by atoms with Crippen LogP contribution in [0.25, 0.3) is 0 Å². The lowest BCUT2D eigenvalue weighted by Crippen LogP contribution is -2.39. The summed E-state index contributed by atoms with van der Waals surface area (Å²) in [7, 11) is 1.55. The van der Waals surface area contributed by atoms with E-state index in [0.717, 1.165) is 0 Å². The molecule has 1 atom stereocenters. The third-order valence-corrected chi connectivity index (χ3v) is 2.47. The predicted octanol–water partition coefficient (Wildman–Crippen LogP) is -0.160. The van der Waals surface area contributed by atoms with Crippen molar-refractivity contribution >= 4 is 11.9 Å². The van der Waals surface area contributed by atoms with Gasteiger partial charge in [-0.3, -0.25) is 9.59 Å². The molecule has 6 heteroatoms. The summed E-state index contributed by atoms with van der Waals surface area (Å²) in [6.45, 7) is 2.17. The number of aromatic nitrogens is 2. The van der Waals surface area contributed by atoms with Crippen LogP contribution in [0.15, 0.2) is 18.5 Å². The van der Waals surface area contributed by atoms with Crippen molar-refractivity contribution < 1.29 is 19.4 Å². The molecule has 0 saturated carbocycles. The Labute approximate surface area is 99.3 Å². The number of rotatable bonds is 5. The molecule has 0 aromatic carbocycles. The molecule has 0 aliphatic carbocycles. The van der Waals surface area contributed by atoms with Crippen molar-refractivity contribution in [1.82, 2.24) is 10.4 Å². The number of carboxylic acid groups (broad SMARTS) is 1. The number of hydrogen-bond donors (Lipinski definition) is 2. The highest BCUT2D eigenvalue weighted by Gasteiger charge is 2.14. The van der Waals surface area contributed by atoms with Crippen molar-refractivity contribution in [3.8, 4) is 0 Å². The van der Waals surface area contributed by atoms with E-state index >= 15 is 0 Å². The molecule has 1 rings (SSSR count). The number of aliphatic carboxylic acids is 1. The van der Waals surface area contributed by atoms with E-state index in [-0.39, 0.29) is 5.91 Å². The minimum atomic E-state index is -0.812. The molecule has 0 bridgehead atoms. The van der Waals surface area contributed by atoms with E-state index in [4.69, 9.17) is 5.11 Å². The summed E-state index contributed by atoms with van der Waals surface area (Å²) < 4.78 is 1.62. The lowest BCUT2D eigenvalue weighted by atomic mass is 10.1. The summed E-state index contributed by atoms with van der Waals surface area (Å²) in [6, 6.07) is 1.65. The van der Waals surface area contributed by atoms with Gasteiger partial charge in [-0.15, -0.1) is 0 Å². The molecule has 92 valence electrons. The Morgan fingerprint density at radius 3 is 2.76 bits per heavy atom. The fourth-order valence-electron chi connectivity index (χ4n) is 1.24. The molecular weight excluding hydrogens is 222 g/mol. The van der Waals surface area contributed by atoms with E-state index < -0.39 is 11.9 Å². The summed E-state index contributed by atoms with van der Waals surface area (Å²) in [6.07, 6.45) is 3.63. The number of carboxylic acids is 1.